The van der Waals surface area contributed by atoms with E-state index in [2.05, 4.69) is 170 Å². The van der Waals surface area contributed by atoms with Crippen molar-refractivity contribution in [3.63, 3.8) is 0 Å². The predicted molar refractivity (Wildman–Crippen MR) is 201 cm³/mol. The van der Waals surface area contributed by atoms with E-state index in [0.717, 1.165) is 53.0 Å². The molecule has 5 aromatic rings. The van der Waals surface area contributed by atoms with Crippen LogP contribution in [0.3, 0.4) is 0 Å². The summed E-state index contributed by atoms with van der Waals surface area (Å²) in [5.74, 6) is 1.74. The molecule has 0 bridgehead atoms. The largest absolute Gasteiger partial charge is 0.497 e. The molecule has 0 amide bonds. The third kappa shape index (κ3) is 5.38. The molecule has 4 heteroatoms. The molecular weight excluding hydrogens is 677 g/mol. The fraction of sp³-hybridized carbons (Fsp3) is 0.286. The van der Waals surface area contributed by atoms with Crippen molar-refractivity contribution in [1.82, 2.24) is 0 Å². The SMILES string of the molecule is COc1ccc2c3c(c4c(c2c1)OC(c1ccccc1)(c1ccc(N(C)I)cc1)C=C4)CC(C)(C)CC(C)(C)Cc1ccccc1-3. The van der Waals surface area contributed by atoms with Gasteiger partial charge in [-0.1, -0.05) is 101 Å². The van der Waals surface area contributed by atoms with E-state index in [1.54, 1.807) is 7.11 Å². The first kappa shape index (κ1) is 30.9. The van der Waals surface area contributed by atoms with Gasteiger partial charge in [0.1, 0.15) is 11.5 Å². The average molecular weight is 720 g/mol. The van der Waals surface area contributed by atoms with E-state index in [9.17, 15) is 0 Å². The van der Waals surface area contributed by atoms with E-state index in [4.69, 9.17) is 9.47 Å². The minimum atomic E-state index is -0.797. The Bertz CT molecular complexity index is 1960. The summed E-state index contributed by atoms with van der Waals surface area (Å²) >= 11 is 2.32. The lowest BCUT2D eigenvalue weighted by molar-refractivity contribution is 0.163. The highest BCUT2D eigenvalue weighted by molar-refractivity contribution is 14.1. The van der Waals surface area contributed by atoms with Gasteiger partial charge in [0.05, 0.1) is 30.0 Å². The van der Waals surface area contributed by atoms with Crippen LogP contribution in [0, 0.1) is 10.8 Å². The Morgan fingerprint density at radius 3 is 2.15 bits per heavy atom. The molecule has 3 nitrogen and oxygen atoms in total. The standard InChI is InChI=1S/C42H42INO2/c1-40(2)25-28-12-10-11-15-33(28)38-34-21-20-32(45-6)24-36(34)39-35(37(38)26-41(3,4)27-40)22-23-42(46-39,29-13-8-7-9-14-29)30-16-18-31(19-17-30)44(5)43/h7-24H,25-27H2,1-6H3. The molecule has 2 aliphatic rings. The number of halogens is 1. The zero-order valence-corrected chi connectivity index (χ0v) is 29.8. The Kier molecular flexibility index (Phi) is 7.70. The summed E-state index contributed by atoms with van der Waals surface area (Å²) in [7, 11) is 3.80. The summed E-state index contributed by atoms with van der Waals surface area (Å²) < 4.78 is 15.4. The molecule has 0 spiro atoms. The predicted octanol–water partition coefficient (Wildman–Crippen LogP) is 11.2. The van der Waals surface area contributed by atoms with Crippen molar-refractivity contribution in [2.45, 2.75) is 52.6 Å². The Balaban J connectivity index is 1.56. The second-order valence-electron chi connectivity index (χ2n) is 14.6. The molecule has 0 aromatic heterocycles. The van der Waals surface area contributed by atoms with Crippen LogP contribution in [0.15, 0.2) is 103 Å². The number of benzene rings is 5. The molecule has 1 heterocycles. The molecule has 0 saturated carbocycles. The maximum atomic E-state index is 7.51. The molecular formula is C42H42INO2. The van der Waals surface area contributed by atoms with Gasteiger partial charge in [-0.2, -0.15) is 0 Å². The van der Waals surface area contributed by atoms with E-state index in [-0.39, 0.29) is 10.8 Å². The Morgan fingerprint density at radius 2 is 1.43 bits per heavy atom. The Labute approximate surface area is 287 Å². The number of methoxy groups -OCH3 is 1. The first-order valence-electron chi connectivity index (χ1n) is 16.2. The monoisotopic (exact) mass is 719 g/mol. The molecule has 0 radical (unpaired) electrons. The number of ether oxygens (including phenoxy) is 2. The molecule has 1 unspecified atom stereocenters. The molecule has 7 rings (SSSR count). The molecule has 0 N–H and O–H groups in total. The normalized spacial score (nSPS) is 19.5. The lowest BCUT2D eigenvalue weighted by Crippen LogP contribution is -2.35. The van der Waals surface area contributed by atoms with Crippen LogP contribution in [-0.2, 0) is 18.4 Å². The van der Waals surface area contributed by atoms with Gasteiger partial charge in [-0.15, -0.1) is 0 Å². The Morgan fingerprint density at radius 1 is 0.761 bits per heavy atom. The van der Waals surface area contributed by atoms with Crippen LogP contribution in [0.2, 0.25) is 0 Å². The first-order chi connectivity index (χ1) is 22.0. The third-order valence-electron chi connectivity index (χ3n) is 9.78. The van der Waals surface area contributed by atoms with Gasteiger partial charge < -0.3 is 12.6 Å². The minimum absolute atomic E-state index is 0.0807. The average Bonchev–Trinajstić information content (AvgIpc) is 3.07. The smallest absolute Gasteiger partial charge is 0.178 e. The van der Waals surface area contributed by atoms with Gasteiger partial charge in [0.25, 0.3) is 0 Å². The molecule has 1 atom stereocenters. The van der Waals surface area contributed by atoms with Gasteiger partial charge in [0.15, 0.2) is 5.60 Å². The van der Waals surface area contributed by atoms with E-state index >= 15 is 0 Å². The highest BCUT2D eigenvalue weighted by atomic mass is 127. The number of hydrogen-bond acceptors (Lipinski definition) is 3. The minimum Gasteiger partial charge on any atom is -0.497 e. The number of rotatable bonds is 4. The second-order valence-corrected chi connectivity index (χ2v) is 16.0. The topological polar surface area (TPSA) is 21.7 Å². The lowest BCUT2D eigenvalue weighted by atomic mass is 9.70. The number of anilines is 1. The quantitative estimate of drug-likeness (QED) is 0.136. The summed E-state index contributed by atoms with van der Waals surface area (Å²) in [4.78, 5) is 0. The van der Waals surface area contributed by atoms with Crippen LogP contribution in [0.1, 0.15) is 61.9 Å². The highest BCUT2D eigenvalue weighted by Gasteiger charge is 2.41. The van der Waals surface area contributed by atoms with Crippen LogP contribution in [-0.4, -0.2) is 14.2 Å². The Hall–Kier alpha value is -3.77. The maximum Gasteiger partial charge on any atom is 0.178 e. The molecule has 0 fully saturated rings. The van der Waals surface area contributed by atoms with Gasteiger partial charge in [-0.3, -0.25) is 0 Å². The summed E-state index contributed by atoms with van der Waals surface area (Å²) in [6.45, 7) is 9.73. The van der Waals surface area contributed by atoms with E-state index in [0.29, 0.717) is 0 Å². The van der Waals surface area contributed by atoms with E-state index in [1.165, 1.54) is 33.2 Å². The zero-order valence-electron chi connectivity index (χ0n) is 27.7. The van der Waals surface area contributed by atoms with Crippen LogP contribution in [0.5, 0.6) is 11.5 Å². The van der Waals surface area contributed by atoms with Gasteiger partial charge >= 0.3 is 0 Å². The van der Waals surface area contributed by atoms with Crippen LogP contribution >= 0.6 is 22.9 Å². The zero-order chi connectivity index (χ0) is 32.3. The van der Waals surface area contributed by atoms with Gasteiger partial charge in [0, 0.05) is 34.8 Å². The summed E-state index contributed by atoms with van der Waals surface area (Å²) in [5.41, 5.74) is 9.37. The fourth-order valence-corrected chi connectivity index (χ4v) is 8.54. The summed E-state index contributed by atoms with van der Waals surface area (Å²) in [6, 6.07) is 34.9. The molecule has 5 aromatic carbocycles. The van der Waals surface area contributed by atoms with Crippen molar-refractivity contribution in [2.75, 3.05) is 17.3 Å². The summed E-state index contributed by atoms with van der Waals surface area (Å²) in [5, 5.41) is 2.28. The number of hydrogen-bond donors (Lipinski definition) is 0. The van der Waals surface area contributed by atoms with E-state index < -0.39 is 5.60 Å². The van der Waals surface area contributed by atoms with Gasteiger partial charge in [-0.25, -0.2) is 0 Å². The van der Waals surface area contributed by atoms with Crippen LogP contribution < -0.4 is 12.6 Å². The van der Waals surface area contributed by atoms with Crippen molar-refractivity contribution >= 4 is 45.4 Å². The summed E-state index contributed by atoms with van der Waals surface area (Å²) in [6.07, 6.45) is 7.75. The highest BCUT2D eigenvalue weighted by Crippen LogP contribution is 2.53. The molecule has 46 heavy (non-hydrogen) atoms. The van der Waals surface area contributed by atoms with Crippen molar-refractivity contribution in [2.24, 2.45) is 10.8 Å². The van der Waals surface area contributed by atoms with Crippen molar-refractivity contribution in [1.29, 1.82) is 0 Å². The number of nitrogens with zero attached hydrogens (tertiary/aromatic N) is 1. The fourth-order valence-electron chi connectivity index (χ4n) is 8.22. The maximum absolute atomic E-state index is 7.51. The van der Waals surface area contributed by atoms with Crippen LogP contribution in [0.4, 0.5) is 5.69 Å². The van der Waals surface area contributed by atoms with E-state index in [1.807, 2.05) is 0 Å². The van der Waals surface area contributed by atoms with Crippen molar-refractivity contribution < 1.29 is 9.47 Å². The van der Waals surface area contributed by atoms with Crippen molar-refractivity contribution in [3.8, 4) is 22.6 Å². The number of fused-ring (bicyclic) bond motifs is 8. The molecule has 234 valence electrons. The van der Waals surface area contributed by atoms with Gasteiger partial charge in [0.2, 0.25) is 0 Å². The van der Waals surface area contributed by atoms with Gasteiger partial charge in [-0.05, 0) is 94.1 Å². The first-order valence-corrected chi connectivity index (χ1v) is 17.2. The molecule has 0 saturated heterocycles. The lowest BCUT2D eigenvalue weighted by Gasteiger charge is -2.39. The molecule has 1 aliphatic carbocycles. The molecule has 1 aliphatic heterocycles. The second kappa shape index (κ2) is 11.5. The third-order valence-corrected chi connectivity index (χ3v) is 10.3. The van der Waals surface area contributed by atoms with Crippen LogP contribution in [0.25, 0.3) is 28.0 Å². The van der Waals surface area contributed by atoms with Crippen molar-refractivity contribution in [3.05, 3.63) is 131 Å².